The lowest BCUT2D eigenvalue weighted by Gasteiger charge is -2.69. The van der Waals surface area contributed by atoms with Crippen molar-refractivity contribution in [1.29, 1.82) is 0 Å². The topological polar surface area (TPSA) is 91.0 Å². The zero-order chi connectivity index (χ0) is 27.8. The predicted octanol–water partition coefficient (Wildman–Crippen LogP) is 6.30. The van der Waals surface area contributed by atoms with Crippen molar-refractivity contribution in [3.8, 4) is 12.3 Å². The molecule has 1 heterocycles. The van der Waals surface area contributed by atoms with E-state index in [1.165, 1.54) is 32.1 Å². The van der Waals surface area contributed by atoms with Gasteiger partial charge in [0.2, 0.25) is 0 Å². The second kappa shape index (κ2) is 9.05. The van der Waals surface area contributed by atoms with Crippen LogP contribution < -0.4 is 17.2 Å². The number of hydrogen-bond acceptors (Lipinski definition) is 4. The monoisotopic (exact) mass is 518 g/mol. The van der Waals surface area contributed by atoms with Crippen LogP contribution in [0.2, 0.25) is 0 Å². The van der Waals surface area contributed by atoms with Crippen LogP contribution >= 0.6 is 0 Å². The smallest absolute Gasteiger partial charge is 0.113 e. The molecule has 4 saturated carbocycles. The van der Waals surface area contributed by atoms with Gasteiger partial charge in [-0.05, 0) is 111 Å². The molecular weight excluding hydrogens is 464 g/mol. The third-order valence-electron chi connectivity index (χ3n) is 13.8. The fraction of sp³-hybridized carbons (Fsp3) is 0.794. The molecule has 0 radical (unpaired) electrons. The first kappa shape index (κ1) is 28.1. The first-order valence-electron chi connectivity index (χ1n) is 15.6. The van der Waals surface area contributed by atoms with E-state index in [9.17, 15) is 0 Å². The number of nitrogens with zero attached hydrogens (tertiary/aromatic N) is 1. The molecule has 38 heavy (non-hydrogen) atoms. The number of terminal acetylenes is 1. The largest absolute Gasteiger partial charge is 0.325 e. The van der Waals surface area contributed by atoms with Gasteiger partial charge in [0.1, 0.15) is 5.69 Å². The van der Waals surface area contributed by atoms with Crippen molar-refractivity contribution in [3.05, 3.63) is 29.6 Å². The maximum absolute atomic E-state index is 7.67. The molecule has 0 spiro atoms. The van der Waals surface area contributed by atoms with Crippen LogP contribution in [0.4, 0.5) is 0 Å². The molecule has 4 aliphatic rings. The minimum absolute atomic E-state index is 0.0317. The van der Waals surface area contributed by atoms with E-state index in [0.717, 1.165) is 49.9 Å². The van der Waals surface area contributed by atoms with Crippen LogP contribution in [0.5, 0.6) is 0 Å². The molecule has 4 aliphatic carbocycles. The van der Waals surface area contributed by atoms with Gasteiger partial charge in [-0.25, -0.2) is 4.98 Å². The van der Waals surface area contributed by atoms with Gasteiger partial charge in [-0.3, -0.25) is 0 Å². The Morgan fingerprint density at radius 1 is 1.03 bits per heavy atom. The van der Waals surface area contributed by atoms with Crippen molar-refractivity contribution >= 4 is 0 Å². The molecule has 4 fully saturated rings. The molecule has 4 heteroatoms. The van der Waals surface area contributed by atoms with E-state index in [4.69, 9.17) is 28.6 Å². The number of nitrogens with two attached hydrogens (primary N) is 3. The molecule has 0 aliphatic heterocycles. The van der Waals surface area contributed by atoms with Crippen LogP contribution in [0.25, 0.3) is 0 Å². The molecule has 10 atom stereocenters. The summed E-state index contributed by atoms with van der Waals surface area (Å²) in [4.78, 5) is 4.92. The van der Waals surface area contributed by atoms with Gasteiger partial charge >= 0.3 is 0 Å². The Balaban J connectivity index is 1.46. The molecule has 4 nitrogen and oxygen atoms in total. The van der Waals surface area contributed by atoms with Gasteiger partial charge in [-0.15, -0.1) is 6.42 Å². The van der Waals surface area contributed by atoms with Crippen LogP contribution in [0.1, 0.15) is 124 Å². The van der Waals surface area contributed by atoms with Crippen LogP contribution in [-0.2, 0) is 5.41 Å². The maximum Gasteiger partial charge on any atom is 0.113 e. The molecular formula is C34H54N4. The first-order valence-corrected chi connectivity index (χ1v) is 15.6. The third-order valence-corrected chi connectivity index (χ3v) is 13.8. The Morgan fingerprint density at radius 3 is 2.42 bits per heavy atom. The molecule has 210 valence electrons. The normalized spacial score (nSPS) is 46.7. The number of pyridine rings is 1. The van der Waals surface area contributed by atoms with Crippen LogP contribution in [-0.4, -0.2) is 21.6 Å². The van der Waals surface area contributed by atoms with Crippen molar-refractivity contribution in [2.75, 3.05) is 0 Å². The van der Waals surface area contributed by atoms with E-state index in [-0.39, 0.29) is 27.4 Å². The molecule has 0 amide bonds. The summed E-state index contributed by atoms with van der Waals surface area (Å²) >= 11 is 0. The summed E-state index contributed by atoms with van der Waals surface area (Å²) in [5, 5.41) is 0. The van der Waals surface area contributed by atoms with Crippen molar-refractivity contribution in [2.24, 2.45) is 51.7 Å². The van der Waals surface area contributed by atoms with E-state index in [1.807, 2.05) is 6.07 Å². The zero-order valence-corrected chi connectivity index (χ0v) is 25.1. The van der Waals surface area contributed by atoms with Gasteiger partial charge in [0, 0.05) is 27.7 Å². The quantitative estimate of drug-likeness (QED) is 0.399. The first-order chi connectivity index (χ1) is 17.8. The summed E-state index contributed by atoms with van der Waals surface area (Å²) in [5.74, 6) is 4.64. The number of hydrogen-bond donors (Lipinski definition) is 3. The molecule has 1 aromatic rings. The van der Waals surface area contributed by atoms with Gasteiger partial charge in [0.15, 0.2) is 0 Å². The molecule has 0 aromatic carbocycles. The van der Waals surface area contributed by atoms with Gasteiger partial charge in [0.05, 0.1) is 0 Å². The Bertz CT molecular complexity index is 1110. The third kappa shape index (κ3) is 3.71. The number of rotatable bonds is 5. The van der Waals surface area contributed by atoms with Gasteiger partial charge in [-0.2, -0.15) is 0 Å². The second-order valence-electron chi connectivity index (χ2n) is 15.1. The highest BCUT2D eigenvalue weighted by atomic mass is 15.0. The summed E-state index contributed by atoms with van der Waals surface area (Å²) < 4.78 is 0. The minimum Gasteiger partial charge on any atom is -0.325 e. The summed E-state index contributed by atoms with van der Waals surface area (Å²) in [5.41, 5.74) is 24.0. The Kier molecular flexibility index (Phi) is 6.70. The van der Waals surface area contributed by atoms with E-state index in [2.05, 4.69) is 59.6 Å². The predicted molar refractivity (Wildman–Crippen MR) is 158 cm³/mol. The SMILES string of the molecule is C#Cc1cccc(C(C)(CC)C(C)C2CCC3C2(C)CCC2C3(N)CCC3(N)C[C@@](C)(CC)CCC23N)n1. The summed E-state index contributed by atoms with van der Waals surface area (Å²) in [6, 6.07) is 6.20. The van der Waals surface area contributed by atoms with Crippen LogP contribution in [0.3, 0.4) is 0 Å². The highest BCUT2D eigenvalue weighted by Crippen LogP contribution is 2.68. The standard InChI is InChI=1S/C34H54N4/c1-8-24-12-11-13-28(38-24)30(6,10-3)23(4)25-14-15-26-31(25,7)17-16-27-33(26,36)20-19-32(35)22-29(5,9-2)18-21-34(27,32)37/h1,11-13,23,25-27H,9-10,14-22,35-37H2,2-7H3/t23?,25?,26?,27?,29-,30?,31?,32?,33?,34?/m0/s1. The Hall–Kier alpha value is -1.41. The number of aromatic nitrogens is 1. The average molecular weight is 519 g/mol. The summed E-state index contributed by atoms with van der Waals surface area (Å²) in [6.07, 6.45) is 17.9. The molecule has 1 aromatic heterocycles. The zero-order valence-electron chi connectivity index (χ0n) is 25.1. The lowest BCUT2D eigenvalue weighted by molar-refractivity contribution is -0.122. The lowest BCUT2D eigenvalue weighted by atomic mass is 9.40. The number of fused-ring (bicyclic) bond motifs is 5. The van der Waals surface area contributed by atoms with E-state index >= 15 is 0 Å². The van der Waals surface area contributed by atoms with Gasteiger partial charge in [-0.1, -0.05) is 60.0 Å². The molecule has 9 unspecified atom stereocenters. The van der Waals surface area contributed by atoms with Crippen molar-refractivity contribution in [2.45, 2.75) is 134 Å². The van der Waals surface area contributed by atoms with Gasteiger partial charge in [0.25, 0.3) is 0 Å². The summed E-state index contributed by atoms with van der Waals surface area (Å²) in [6.45, 7) is 14.5. The van der Waals surface area contributed by atoms with E-state index in [1.54, 1.807) is 0 Å². The summed E-state index contributed by atoms with van der Waals surface area (Å²) in [7, 11) is 0. The van der Waals surface area contributed by atoms with Crippen molar-refractivity contribution < 1.29 is 0 Å². The van der Waals surface area contributed by atoms with E-state index in [0.29, 0.717) is 29.1 Å². The van der Waals surface area contributed by atoms with Crippen LogP contribution in [0, 0.1) is 46.8 Å². The highest BCUT2D eigenvalue weighted by Gasteiger charge is 2.70. The van der Waals surface area contributed by atoms with Crippen LogP contribution in [0.15, 0.2) is 18.2 Å². The molecule has 0 saturated heterocycles. The lowest BCUT2D eigenvalue weighted by Crippen LogP contribution is -2.82. The maximum atomic E-state index is 7.67. The molecule has 6 N–H and O–H groups in total. The van der Waals surface area contributed by atoms with Crippen molar-refractivity contribution in [3.63, 3.8) is 0 Å². The van der Waals surface area contributed by atoms with Crippen molar-refractivity contribution in [1.82, 2.24) is 4.98 Å². The molecule has 5 rings (SSSR count). The second-order valence-corrected chi connectivity index (χ2v) is 15.1. The Morgan fingerprint density at radius 2 is 1.76 bits per heavy atom. The highest BCUT2D eigenvalue weighted by molar-refractivity contribution is 5.31. The minimum atomic E-state index is -0.350. The fourth-order valence-electron chi connectivity index (χ4n) is 10.7. The fourth-order valence-corrected chi connectivity index (χ4v) is 10.7. The van der Waals surface area contributed by atoms with Gasteiger partial charge < -0.3 is 17.2 Å². The van der Waals surface area contributed by atoms with E-state index < -0.39 is 0 Å². The Labute approximate surface area is 232 Å². The average Bonchev–Trinajstić information content (AvgIpc) is 3.27. The molecule has 0 bridgehead atoms.